The Labute approximate surface area is 121 Å². The molecule has 0 fully saturated rings. The van der Waals surface area contributed by atoms with Crippen LogP contribution in [0.5, 0.6) is 0 Å². The van der Waals surface area contributed by atoms with Gasteiger partial charge in [-0.2, -0.15) is 0 Å². The van der Waals surface area contributed by atoms with E-state index in [0.29, 0.717) is 6.54 Å². The molecule has 1 heterocycles. The van der Waals surface area contributed by atoms with E-state index in [9.17, 15) is 9.59 Å². The lowest BCUT2D eigenvalue weighted by atomic mass is 10.2. The normalized spacial score (nSPS) is 11.8. The fourth-order valence-corrected chi connectivity index (χ4v) is 1.68. The van der Waals surface area contributed by atoms with Gasteiger partial charge in [-0.05, 0) is 19.4 Å². The molecular weight excluding hydrogens is 289 g/mol. The first-order valence-corrected chi connectivity index (χ1v) is 6.61. The van der Waals surface area contributed by atoms with Crippen LogP contribution in [0.25, 0.3) is 0 Å². The minimum absolute atomic E-state index is 0.164. The van der Waals surface area contributed by atoms with Crippen LogP contribution in [0.4, 0.5) is 0 Å². The minimum atomic E-state index is -0.651. The Kier molecular flexibility index (Phi) is 6.05. The zero-order chi connectivity index (χ0) is 14.4. The highest BCUT2D eigenvalue weighted by Gasteiger charge is 2.18. The van der Waals surface area contributed by atoms with Crippen LogP contribution in [-0.2, 0) is 4.79 Å². The molecule has 0 saturated carbocycles. The van der Waals surface area contributed by atoms with Crippen LogP contribution in [0, 0.1) is 0 Å². The summed E-state index contributed by atoms with van der Waals surface area (Å²) in [5.74, 6) is -0.708. The first-order chi connectivity index (χ1) is 8.95. The number of carbonyl (C=O) groups excluding carboxylic acids is 2. The number of rotatable bonds is 5. The topological polar surface area (TPSA) is 71.1 Å². The number of carbonyl (C=O) groups is 2. The van der Waals surface area contributed by atoms with Crippen LogP contribution in [0.3, 0.4) is 0 Å². The predicted octanol–water partition coefficient (Wildman–Crippen LogP) is 2.03. The number of nitrogens with zero attached hydrogens (tertiary/aromatic N) is 1. The van der Waals surface area contributed by atoms with Crippen LogP contribution in [0.15, 0.2) is 12.3 Å². The molecule has 0 aliphatic heterocycles. The molecule has 19 heavy (non-hydrogen) atoms. The zero-order valence-corrected chi connectivity index (χ0v) is 12.2. The molecule has 1 atom stereocenters. The molecule has 2 N–H and O–H groups in total. The number of halogens is 2. The molecule has 0 spiro atoms. The van der Waals surface area contributed by atoms with Gasteiger partial charge in [-0.1, -0.05) is 30.1 Å². The highest BCUT2D eigenvalue weighted by atomic mass is 35.5. The third-order valence-corrected chi connectivity index (χ3v) is 2.86. The van der Waals surface area contributed by atoms with Crippen molar-refractivity contribution < 1.29 is 9.59 Å². The lowest BCUT2D eigenvalue weighted by Gasteiger charge is -2.14. The van der Waals surface area contributed by atoms with Crippen LogP contribution >= 0.6 is 23.2 Å². The Bertz CT molecular complexity index is 480. The van der Waals surface area contributed by atoms with E-state index in [0.717, 1.165) is 6.42 Å². The Morgan fingerprint density at radius 2 is 2.11 bits per heavy atom. The maximum atomic E-state index is 11.9. The van der Waals surface area contributed by atoms with E-state index in [1.807, 2.05) is 6.92 Å². The van der Waals surface area contributed by atoms with Crippen molar-refractivity contribution in [2.45, 2.75) is 26.3 Å². The van der Waals surface area contributed by atoms with E-state index in [-0.39, 0.29) is 21.6 Å². The van der Waals surface area contributed by atoms with E-state index >= 15 is 0 Å². The van der Waals surface area contributed by atoms with Crippen LogP contribution in [0.2, 0.25) is 10.2 Å². The van der Waals surface area contributed by atoms with Gasteiger partial charge in [-0.25, -0.2) is 4.98 Å². The second kappa shape index (κ2) is 7.31. The van der Waals surface area contributed by atoms with E-state index in [4.69, 9.17) is 23.2 Å². The Hall–Kier alpha value is -1.33. The summed E-state index contributed by atoms with van der Waals surface area (Å²) >= 11 is 11.6. The summed E-state index contributed by atoms with van der Waals surface area (Å²) in [6.45, 7) is 4.11. The minimum Gasteiger partial charge on any atom is -0.354 e. The van der Waals surface area contributed by atoms with Crippen molar-refractivity contribution >= 4 is 35.0 Å². The van der Waals surface area contributed by atoms with E-state index in [1.54, 1.807) is 6.92 Å². The third-order valence-electron chi connectivity index (χ3n) is 2.36. The Morgan fingerprint density at radius 1 is 1.42 bits per heavy atom. The summed E-state index contributed by atoms with van der Waals surface area (Å²) in [6.07, 6.45) is 2.12. The maximum absolute atomic E-state index is 11.9. The Morgan fingerprint density at radius 3 is 2.74 bits per heavy atom. The highest BCUT2D eigenvalue weighted by molar-refractivity contribution is 6.35. The molecule has 0 radical (unpaired) electrons. The van der Waals surface area contributed by atoms with Crippen molar-refractivity contribution in [2.75, 3.05) is 6.54 Å². The molecule has 0 aliphatic carbocycles. The van der Waals surface area contributed by atoms with E-state index < -0.39 is 11.9 Å². The standard InChI is InChI=1S/C12H15Cl2N3O2/c1-3-4-15-11(18)7(2)17-12(19)8-5-10(14)16-6-9(8)13/h5-7H,3-4H2,1-2H3,(H,15,18)(H,17,19). The molecule has 1 rings (SSSR count). The van der Waals surface area contributed by atoms with E-state index in [2.05, 4.69) is 15.6 Å². The summed E-state index contributed by atoms with van der Waals surface area (Å²) in [7, 11) is 0. The molecule has 7 heteroatoms. The highest BCUT2D eigenvalue weighted by Crippen LogP contribution is 2.17. The van der Waals surface area contributed by atoms with Gasteiger partial charge in [0.25, 0.3) is 5.91 Å². The monoisotopic (exact) mass is 303 g/mol. The van der Waals surface area contributed by atoms with Gasteiger partial charge < -0.3 is 10.6 Å². The second-order valence-corrected chi connectivity index (χ2v) is 4.77. The van der Waals surface area contributed by atoms with Crippen molar-refractivity contribution in [3.05, 3.63) is 28.0 Å². The average molecular weight is 304 g/mol. The number of hydrogen-bond donors (Lipinski definition) is 2. The number of hydrogen-bond acceptors (Lipinski definition) is 3. The molecular formula is C12H15Cl2N3O2. The molecule has 5 nitrogen and oxygen atoms in total. The smallest absolute Gasteiger partial charge is 0.253 e. The molecule has 1 unspecified atom stereocenters. The van der Waals surface area contributed by atoms with Gasteiger partial charge in [-0.3, -0.25) is 9.59 Å². The zero-order valence-electron chi connectivity index (χ0n) is 10.7. The largest absolute Gasteiger partial charge is 0.354 e. The van der Waals surface area contributed by atoms with Crippen molar-refractivity contribution in [1.82, 2.24) is 15.6 Å². The molecule has 0 saturated heterocycles. The molecule has 2 amide bonds. The predicted molar refractivity (Wildman–Crippen MR) is 74.5 cm³/mol. The van der Waals surface area contributed by atoms with Gasteiger partial charge in [-0.15, -0.1) is 0 Å². The van der Waals surface area contributed by atoms with Crippen LogP contribution in [0.1, 0.15) is 30.6 Å². The lowest BCUT2D eigenvalue weighted by molar-refractivity contribution is -0.122. The Balaban J connectivity index is 2.68. The quantitative estimate of drug-likeness (QED) is 0.818. The molecule has 0 aromatic carbocycles. The number of nitrogens with one attached hydrogen (secondary N) is 2. The van der Waals surface area contributed by atoms with Gasteiger partial charge >= 0.3 is 0 Å². The first-order valence-electron chi connectivity index (χ1n) is 5.85. The molecule has 0 aliphatic rings. The average Bonchev–Trinajstić information content (AvgIpc) is 2.38. The summed E-state index contributed by atoms with van der Waals surface area (Å²) in [4.78, 5) is 27.3. The lowest BCUT2D eigenvalue weighted by Crippen LogP contribution is -2.45. The fourth-order valence-electron chi connectivity index (χ4n) is 1.33. The third kappa shape index (κ3) is 4.69. The molecule has 1 aromatic heterocycles. The number of pyridine rings is 1. The summed E-state index contributed by atoms with van der Waals surface area (Å²) in [6, 6.07) is 0.706. The van der Waals surface area contributed by atoms with Crippen molar-refractivity contribution in [3.8, 4) is 0 Å². The summed E-state index contributed by atoms with van der Waals surface area (Å²) in [5.41, 5.74) is 0.191. The van der Waals surface area contributed by atoms with Gasteiger partial charge in [0.15, 0.2) is 0 Å². The number of aromatic nitrogens is 1. The SMILES string of the molecule is CCCNC(=O)C(C)NC(=O)c1cc(Cl)ncc1Cl. The van der Waals surface area contributed by atoms with Gasteiger partial charge in [0.1, 0.15) is 11.2 Å². The van der Waals surface area contributed by atoms with Crippen molar-refractivity contribution in [3.63, 3.8) is 0 Å². The molecule has 104 valence electrons. The van der Waals surface area contributed by atoms with Gasteiger partial charge in [0, 0.05) is 12.7 Å². The fraction of sp³-hybridized carbons (Fsp3) is 0.417. The van der Waals surface area contributed by atoms with Crippen LogP contribution in [-0.4, -0.2) is 29.4 Å². The molecule has 0 bridgehead atoms. The number of amides is 2. The van der Waals surface area contributed by atoms with Crippen molar-refractivity contribution in [1.29, 1.82) is 0 Å². The first kappa shape index (κ1) is 15.7. The van der Waals surface area contributed by atoms with Crippen LogP contribution < -0.4 is 10.6 Å². The second-order valence-electron chi connectivity index (χ2n) is 3.97. The van der Waals surface area contributed by atoms with E-state index in [1.165, 1.54) is 12.3 Å². The maximum Gasteiger partial charge on any atom is 0.253 e. The summed E-state index contributed by atoms with van der Waals surface area (Å²) in [5, 5.41) is 5.59. The summed E-state index contributed by atoms with van der Waals surface area (Å²) < 4.78 is 0. The van der Waals surface area contributed by atoms with Gasteiger partial charge in [0.2, 0.25) is 5.91 Å². The van der Waals surface area contributed by atoms with Gasteiger partial charge in [0.05, 0.1) is 10.6 Å². The molecule has 1 aromatic rings. The van der Waals surface area contributed by atoms with Crippen molar-refractivity contribution in [2.24, 2.45) is 0 Å².